The van der Waals surface area contributed by atoms with E-state index in [-0.39, 0.29) is 0 Å². The fourth-order valence-electron chi connectivity index (χ4n) is 1.53. The monoisotopic (exact) mass is 160 g/mol. The average Bonchev–Trinajstić information content (AvgIpc) is 2.32. The van der Waals surface area contributed by atoms with Crippen LogP contribution < -0.4 is 0 Å². The van der Waals surface area contributed by atoms with Gasteiger partial charge in [0.15, 0.2) is 0 Å². The summed E-state index contributed by atoms with van der Waals surface area (Å²) in [6, 6.07) is 4.23. The molecule has 0 N–H and O–H groups in total. The molecule has 0 aromatic carbocycles. The van der Waals surface area contributed by atoms with Crippen LogP contribution >= 0.6 is 0 Å². The summed E-state index contributed by atoms with van der Waals surface area (Å²) in [7, 11) is 2.08. The molecular formula is C10H12N2. The molecule has 0 atom stereocenters. The molecule has 2 heteroatoms. The summed E-state index contributed by atoms with van der Waals surface area (Å²) in [6.07, 6.45) is 1.86. The van der Waals surface area contributed by atoms with E-state index < -0.39 is 0 Å². The zero-order valence-electron chi connectivity index (χ0n) is 7.63. The van der Waals surface area contributed by atoms with Crippen LogP contribution in [0.1, 0.15) is 11.4 Å². The molecule has 0 radical (unpaired) electrons. The Bertz CT molecular complexity index is 427. The van der Waals surface area contributed by atoms with Crippen molar-refractivity contribution >= 4 is 10.9 Å². The van der Waals surface area contributed by atoms with Crippen LogP contribution in [0, 0.1) is 13.8 Å². The number of nitrogens with zero attached hydrogens (tertiary/aromatic N) is 2. The van der Waals surface area contributed by atoms with Crippen LogP contribution in [0.3, 0.4) is 0 Å². The van der Waals surface area contributed by atoms with Crippen molar-refractivity contribution in [1.82, 2.24) is 9.55 Å². The van der Waals surface area contributed by atoms with Gasteiger partial charge in [0.25, 0.3) is 0 Å². The van der Waals surface area contributed by atoms with E-state index >= 15 is 0 Å². The number of rotatable bonds is 0. The van der Waals surface area contributed by atoms with Crippen molar-refractivity contribution in [2.24, 2.45) is 7.05 Å². The lowest BCUT2D eigenvalue weighted by Crippen LogP contribution is -1.89. The predicted molar refractivity (Wildman–Crippen MR) is 50.2 cm³/mol. The maximum atomic E-state index is 4.25. The fraction of sp³-hybridized carbons (Fsp3) is 0.300. The second-order valence-electron chi connectivity index (χ2n) is 3.17. The Kier molecular flexibility index (Phi) is 1.43. The Morgan fingerprint density at radius 1 is 1.33 bits per heavy atom. The summed E-state index contributed by atoms with van der Waals surface area (Å²) in [5.41, 5.74) is 3.65. The first kappa shape index (κ1) is 7.35. The normalized spacial score (nSPS) is 10.9. The molecule has 12 heavy (non-hydrogen) atoms. The Hall–Kier alpha value is -1.31. The van der Waals surface area contributed by atoms with Crippen LogP contribution in [0.5, 0.6) is 0 Å². The van der Waals surface area contributed by atoms with E-state index in [0.29, 0.717) is 0 Å². The highest BCUT2D eigenvalue weighted by Gasteiger charge is 2.03. The third-order valence-electron chi connectivity index (χ3n) is 2.41. The average molecular weight is 160 g/mol. The van der Waals surface area contributed by atoms with Gasteiger partial charge in [0.2, 0.25) is 0 Å². The van der Waals surface area contributed by atoms with Crippen LogP contribution in [0.15, 0.2) is 18.3 Å². The van der Waals surface area contributed by atoms with Gasteiger partial charge in [-0.1, -0.05) is 0 Å². The van der Waals surface area contributed by atoms with E-state index in [1.165, 1.54) is 16.6 Å². The molecule has 2 heterocycles. The van der Waals surface area contributed by atoms with Crippen molar-refractivity contribution in [3.63, 3.8) is 0 Å². The molecular weight excluding hydrogens is 148 g/mol. The van der Waals surface area contributed by atoms with Crippen molar-refractivity contribution in [1.29, 1.82) is 0 Å². The molecule has 0 unspecified atom stereocenters. The second-order valence-corrected chi connectivity index (χ2v) is 3.17. The van der Waals surface area contributed by atoms with Gasteiger partial charge in [-0.05, 0) is 26.0 Å². The van der Waals surface area contributed by atoms with Gasteiger partial charge in [-0.25, -0.2) is 0 Å². The van der Waals surface area contributed by atoms with Crippen LogP contribution in [0.4, 0.5) is 0 Å². The summed E-state index contributed by atoms with van der Waals surface area (Å²) >= 11 is 0. The van der Waals surface area contributed by atoms with Crippen molar-refractivity contribution in [2.75, 3.05) is 0 Å². The number of pyridine rings is 1. The summed E-state index contributed by atoms with van der Waals surface area (Å²) < 4.78 is 2.18. The SMILES string of the molecule is Cc1nccc2c1cc(C)n2C. The minimum atomic E-state index is 1.11. The highest BCUT2D eigenvalue weighted by Crippen LogP contribution is 2.19. The molecule has 2 aromatic rings. The van der Waals surface area contributed by atoms with Crippen LogP contribution in [0.25, 0.3) is 10.9 Å². The molecule has 0 fully saturated rings. The van der Waals surface area contributed by atoms with E-state index in [1.807, 2.05) is 13.1 Å². The van der Waals surface area contributed by atoms with Crippen molar-refractivity contribution in [3.8, 4) is 0 Å². The number of hydrogen-bond acceptors (Lipinski definition) is 1. The lowest BCUT2D eigenvalue weighted by Gasteiger charge is -1.98. The zero-order chi connectivity index (χ0) is 8.72. The van der Waals surface area contributed by atoms with E-state index in [4.69, 9.17) is 0 Å². The minimum absolute atomic E-state index is 1.11. The van der Waals surface area contributed by atoms with E-state index in [9.17, 15) is 0 Å². The number of aromatic nitrogens is 2. The minimum Gasteiger partial charge on any atom is -0.348 e. The zero-order valence-corrected chi connectivity index (χ0v) is 7.63. The molecule has 0 bridgehead atoms. The van der Waals surface area contributed by atoms with Crippen LogP contribution in [-0.4, -0.2) is 9.55 Å². The van der Waals surface area contributed by atoms with E-state index in [1.54, 1.807) is 0 Å². The lowest BCUT2D eigenvalue weighted by atomic mass is 10.2. The summed E-state index contributed by atoms with van der Waals surface area (Å²) in [6.45, 7) is 4.15. The van der Waals surface area contributed by atoms with Crippen molar-refractivity contribution in [3.05, 3.63) is 29.7 Å². The number of hydrogen-bond donors (Lipinski definition) is 0. The first-order valence-corrected chi connectivity index (χ1v) is 4.08. The maximum Gasteiger partial charge on any atom is 0.0513 e. The summed E-state index contributed by atoms with van der Waals surface area (Å²) in [5, 5.41) is 1.26. The molecule has 62 valence electrons. The van der Waals surface area contributed by atoms with Gasteiger partial charge in [0.05, 0.1) is 5.52 Å². The summed E-state index contributed by atoms with van der Waals surface area (Å²) in [4.78, 5) is 4.25. The third kappa shape index (κ3) is 0.843. The molecule has 0 amide bonds. The smallest absolute Gasteiger partial charge is 0.0513 e. The van der Waals surface area contributed by atoms with Crippen LogP contribution in [-0.2, 0) is 7.05 Å². The fourth-order valence-corrected chi connectivity index (χ4v) is 1.53. The first-order valence-electron chi connectivity index (χ1n) is 4.08. The lowest BCUT2D eigenvalue weighted by molar-refractivity contribution is 0.917. The largest absolute Gasteiger partial charge is 0.348 e. The molecule has 2 nitrogen and oxygen atoms in total. The first-order chi connectivity index (χ1) is 5.70. The van der Waals surface area contributed by atoms with Gasteiger partial charge in [0, 0.05) is 30.0 Å². The molecule has 0 saturated heterocycles. The molecule has 0 aliphatic carbocycles. The van der Waals surface area contributed by atoms with E-state index in [2.05, 4.69) is 35.7 Å². The van der Waals surface area contributed by atoms with Gasteiger partial charge < -0.3 is 4.57 Å². The molecule has 0 aliphatic heterocycles. The highest BCUT2D eigenvalue weighted by atomic mass is 14.9. The van der Waals surface area contributed by atoms with Gasteiger partial charge in [-0.15, -0.1) is 0 Å². The van der Waals surface area contributed by atoms with Crippen molar-refractivity contribution in [2.45, 2.75) is 13.8 Å². The Morgan fingerprint density at radius 3 is 2.75 bits per heavy atom. The summed E-state index contributed by atoms with van der Waals surface area (Å²) in [5.74, 6) is 0. The maximum absolute atomic E-state index is 4.25. The standard InChI is InChI=1S/C10H12N2/c1-7-6-9-8(2)11-5-4-10(9)12(7)3/h4-6H,1-3H3. The topological polar surface area (TPSA) is 17.8 Å². The molecule has 2 rings (SSSR count). The van der Waals surface area contributed by atoms with Crippen molar-refractivity contribution < 1.29 is 0 Å². The van der Waals surface area contributed by atoms with Gasteiger partial charge in [-0.3, -0.25) is 4.98 Å². The molecule has 0 aliphatic rings. The van der Waals surface area contributed by atoms with Crippen LogP contribution in [0.2, 0.25) is 0 Å². The Balaban J connectivity index is 2.95. The quantitative estimate of drug-likeness (QED) is 0.577. The van der Waals surface area contributed by atoms with Gasteiger partial charge >= 0.3 is 0 Å². The predicted octanol–water partition coefficient (Wildman–Crippen LogP) is 2.19. The van der Waals surface area contributed by atoms with Gasteiger partial charge in [0.1, 0.15) is 0 Å². The Morgan fingerprint density at radius 2 is 2.08 bits per heavy atom. The van der Waals surface area contributed by atoms with Gasteiger partial charge in [-0.2, -0.15) is 0 Å². The third-order valence-corrected chi connectivity index (χ3v) is 2.41. The molecule has 0 spiro atoms. The number of fused-ring (bicyclic) bond motifs is 1. The Labute approximate surface area is 71.8 Å². The number of aryl methyl sites for hydroxylation is 3. The highest BCUT2D eigenvalue weighted by molar-refractivity contribution is 5.82. The second kappa shape index (κ2) is 2.34. The molecule has 2 aromatic heterocycles. The molecule has 0 saturated carbocycles. The van der Waals surface area contributed by atoms with E-state index in [0.717, 1.165) is 5.69 Å².